The smallest absolute Gasteiger partial charge is 0.128 e. The van der Waals surface area contributed by atoms with Crippen LogP contribution in [0, 0.1) is 11.6 Å². The molecule has 0 unspecified atom stereocenters. The summed E-state index contributed by atoms with van der Waals surface area (Å²) in [6.45, 7) is 2.34. The van der Waals surface area contributed by atoms with E-state index in [0.717, 1.165) is 59.3 Å². The topological polar surface area (TPSA) is 48.5 Å². The number of benzene rings is 3. The molecule has 6 heteroatoms. The van der Waals surface area contributed by atoms with Crippen LogP contribution in [0.2, 0.25) is 0 Å². The zero-order valence-electron chi connectivity index (χ0n) is 19.4. The Morgan fingerprint density at radius 2 is 1.51 bits per heavy atom. The van der Waals surface area contributed by atoms with Gasteiger partial charge in [-0.1, -0.05) is 35.9 Å². The first-order valence-electron chi connectivity index (χ1n) is 11.9. The molecule has 1 aliphatic heterocycles. The van der Waals surface area contributed by atoms with Gasteiger partial charge < -0.3 is 14.8 Å². The zero-order valence-corrected chi connectivity index (χ0v) is 19.4. The van der Waals surface area contributed by atoms with Crippen LogP contribution in [0.3, 0.4) is 0 Å². The van der Waals surface area contributed by atoms with Crippen LogP contribution < -0.4 is 4.74 Å². The van der Waals surface area contributed by atoms with Crippen molar-refractivity contribution in [2.45, 2.75) is 18.9 Å². The minimum atomic E-state index is -0.608. The van der Waals surface area contributed by atoms with Crippen LogP contribution in [-0.4, -0.2) is 47.3 Å². The summed E-state index contributed by atoms with van der Waals surface area (Å²) in [7, 11) is 0. The number of likely N-dealkylation sites (tertiary alicyclic amines) is 1. The number of nitrogens with zero attached hydrogens (tertiary/aromatic N) is 1. The summed E-state index contributed by atoms with van der Waals surface area (Å²) in [5, 5.41) is 11.6. The Hall–Kier alpha value is -3.48. The lowest BCUT2D eigenvalue weighted by Gasteiger charge is -2.31. The molecule has 2 heterocycles. The minimum absolute atomic E-state index is 0.222. The van der Waals surface area contributed by atoms with Crippen LogP contribution in [0.5, 0.6) is 5.75 Å². The predicted octanol–water partition coefficient (Wildman–Crippen LogP) is 5.78. The molecule has 4 nitrogen and oxygen atoms in total. The molecule has 2 N–H and O–H groups in total. The number of nitrogens with one attached hydrogen (secondary N) is 1. The number of aliphatic hydroxyl groups is 1. The van der Waals surface area contributed by atoms with Crippen molar-refractivity contribution in [2.24, 2.45) is 0 Å². The summed E-state index contributed by atoms with van der Waals surface area (Å²) in [5.41, 5.74) is 5.14. The molecule has 180 valence electrons. The van der Waals surface area contributed by atoms with E-state index in [0.29, 0.717) is 6.54 Å². The van der Waals surface area contributed by atoms with Crippen molar-refractivity contribution in [3.05, 3.63) is 107 Å². The maximum atomic E-state index is 13.5. The van der Waals surface area contributed by atoms with Gasteiger partial charge in [0, 0.05) is 36.7 Å². The van der Waals surface area contributed by atoms with Gasteiger partial charge in [0.25, 0.3) is 0 Å². The van der Waals surface area contributed by atoms with Crippen LogP contribution in [-0.2, 0) is 0 Å². The summed E-state index contributed by atoms with van der Waals surface area (Å²) in [4.78, 5) is 5.40. The SMILES string of the molecule is O[C@H](COc1cccc2[nH]ccc12)CN1CCC(=C(c2ccc(F)cc2)c2ccc(F)cc2)CC1. The highest BCUT2D eigenvalue weighted by atomic mass is 19.1. The van der Waals surface area contributed by atoms with E-state index in [1.54, 1.807) is 24.3 Å². The van der Waals surface area contributed by atoms with Gasteiger partial charge in [-0.15, -0.1) is 0 Å². The van der Waals surface area contributed by atoms with Crippen LogP contribution in [0.1, 0.15) is 24.0 Å². The standard InChI is InChI=1S/C29H28F2N2O2/c30-23-8-4-20(5-9-23)29(21-6-10-24(31)11-7-21)22-13-16-33(17-14-22)18-25(34)19-35-28-3-1-2-27-26(28)12-15-32-27/h1-12,15,25,32,34H,13-14,16-19H2/t25-/m0/s1. The molecule has 1 saturated heterocycles. The number of ether oxygens (including phenoxy) is 1. The Morgan fingerprint density at radius 3 is 2.14 bits per heavy atom. The Balaban J connectivity index is 1.24. The maximum absolute atomic E-state index is 13.5. The number of hydrogen-bond acceptors (Lipinski definition) is 3. The highest BCUT2D eigenvalue weighted by molar-refractivity contribution is 5.85. The first-order chi connectivity index (χ1) is 17.1. The fourth-order valence-electron chi connectivity index (χ4n) is 4.78. The van der Waals surface area contributed by atoms with Crippen LogP contribution in [0.25, 0.3) is 16.5 Å². The summed E-state index contributed by atoms with van der Waals surface area (Å²) in [5.74, 6) is 0.196. The monoisotopic (exact) mass is 474 g/mol. The van der Waals surface area contributed by atoms with Gasteiger partial charge in [0.05, 0.1) is 0 Å². The molecule has 0 saturated carbocycles. The largest absolute Gasteiger partial charge is 0.490 e. The molecule has 5 rings (SSSR count). The quantitative estimate of drug-likeness (QED) is 0.357. The Bertz CT molecular complexity index is 1260. The molecule has 1 fully saturated rings. The van der Waals surface area contributed by atoms with E-state index in [-0.39, 0.29) is 18.2 Å². The van der Waals surface area contributed by atoms with Gasteiger partial charge in [0.15, 0.2) is 0 Å². The van der Waals surface area contributed by atoms with Gasteiger partial charge in [-0.2, -0.15) is 0 Å². The number of fused-ring (bicyclic) bond motifs is 1. The van der Waals surface area contributed by atoms with E-state index < -0.39 is 6.10 Å². The molecule has 1 aliphatic rings. The van der Waals surface area contributed by atoms with E-state index in [1.807, 2.05) is 30.5 Å². The number of aromatic amines is 1. The summed E-state index contributed by atoms with van der Waals surface area (Å²) < 4.78 is 33.0. The highest BCUT2D eigenvalue weighted by Crippen LogP contribution is 2.33. The molecule has 0 amide bonds. The van der Waals surface area contributed by atoms with Gasteiger partial charge in [-0.25, -0.2) is 8.78 Å². The lowest BCUT2D eigenvalue weighted by atomic mass is 9.88. The van der Waals surface area contributed by atoms with Gasteiger partial charge in [-0.05, 0) is 72.0 Å². The molecular formula is C29H28F2N2O2. The maximum Gasteiger partial charge on any atom is 0.128 e. The van der Waals surface area contributed by atoms with Crippen molar-refractivity contribution in [1.29, 1.82) is 0 Å². The third-order valence-electron chi connectivity index (χ3n) is 6.53. The van der Waals surface area contributed by atoms with Crippen molar-refractivity contribution >= 4 is 16.5 Å². The molecular weight excluding hydrogens is 446 g/mol. The molecule has 0 spiro atoms. The molecule has 0 bridgehead atoms. The van der Waals surface area contributed by atoms with E-state index >= 15 is 0 Å². The van der Waals surface area contributed by atoms with Crippen molar-refractivity contribution in [2.75, 3.05) is 26.2 Å². The van der Waals surface area contributed by atoms with Crippen LogP contribution in [0.4, 0.5) is 8.78 Å². The molecule has 1 atom stereocenters. The Morgan fingerprint density at radius 1 is 0.886 bits per heavy atom. The summed E-state index contributed by atoms with van der Waals surface area (Å²) in [6.07, 6.45) is 2.91. The van der Waals surface area contributed by atoms with Gasteiger partial charge in [0.1, 0.15) is 30.1 Å². The number of aromatic nitrogens is 1. The average molecular weight is 475 g/mol. The minimum Gasteiger partial charge on any atom is -0.490 e. The number of halogens is 2. The lowest BCUT2D eigenvalue weighted by Crippen LogP contribution is -2.39. The number of aliphatic hydroxyl groups excluding tert-OH is 1. The van der Waals surface area contributed by atoms with Crippen molar-refractivity contribution < 1.29 is 18.6 Å². The van der Waals surface area contributed by atoms with E-state index in [9.17, 15) is 13.9 Å². The van der Waals surface area contributed by atoms with Crippen molar-refractivity contribution in [3.63, 3.8) is 0 Å². The Labute approximate surface area is 203 Å². The first-order valence-corrected chi connectivity index (χ1v) is 11.9. The van der Waals surface area contributed by atoms with E-state index in [2.05, 4.69) is 9.88 Å². The predicted molar refractivity (Wildman–Crippen MR) is 134 cm³/mol. The number of β-amino-alcohol motifs (C(OH)–C–C–N with tert-alkyl or cyclic N) is 1. The second-order valence-corrected chi connectivity index (χ2v) is 8.95. The first kappa shape index (κ1) is 23.3. The van der Waals surface area contributed by atoms with E-state index in [4.69, 9.17) is 4.74 Å². The Kier molecular flexibility index (Phi) is 6.93. The fourth-order valence-corrected chi connectivity index (χ4v) is 4.78. The number of rotatable bonds is 7. The molecule has 3 aromatic carbocycles. The van der Waals surface area contributed by atoms with Crippen LogP contribution in [0.15, 0.2) is 84.6 Å². The van der Waals surface area contributed by atoms with Crippen LogP contribution >= 0.6 is 0 Å². The zero-order chi connectivity index (χ0) is 24.2. The highest BCUT2D eigenvalue weighted by Gasteiger charge is 2.21. The molecule has 0 aliphatic carbocycles. The number of piperidine rings is 1. The number of hydrogen-bond donors (Lipinski definition) is 2. The van der Waals surface area contributed by atoms with Gasteiger partial charge in [-0.3, -0.25) is 4.90 Å². The molecule has 1 aromatic heterocycles. The van der Waals surface area contributed by atoms with E-state index in [1.165, 1.54) is 29.8 Å². The second-order valence-electron chi connectivity index (χ2n) is 8.95. The van der Waals surface area contributed by atoms with Gasteiger partial charge in [0.2, 0.25) is 0 Å². The lowest BCUT2D eigenvalue weighted by molar-refractivity contribution is 0.0661. The molecule has 35 heavy (non-hydrogen) atoms. The fraction of sp³-hybridized carbons (Fsp3) is 0.241. The van der Waals surface area contributed by atoms with Crippen molar-refractivity contribution in [3.8, 4) is 5.75 Å². The average Bonchev–Trinajstić information content (AvgIpc) is 3.36. The third-order valence-corrected chi connectivity index (χ3v) is 6.53. The van der Waals surface area contributed by atoms with Gasteiger partial charge >= 0.3 is 0 Å². The second kappa shape index (κ2) is 10.4. The molecule has 0 radical (unpaired) electrons. The third kappa shape index (κ3) is 5.45. The molecule has 4 aromatic rings. The van der Waals surface area contributed by atoms with Crippen molar-refractivity contribution in [1.82, 2.24) is 9.88 Å². The normalized spacial score (nSPS) is 15.3. The number of H-pyrrole nitrogens is 1. The summed E-state index contributed by atoms with van der Waals surface area (Å²) in [6, 6.07) is 20.7. The summed E-state index contributed by atoms with van der Waals surface area (Å²) >= 11 is 0.